The summed E-state index contributed by atoms with van der Waals surface area (Å²) in [6, 6.07) is 12.5. The number of hydrogen-bond donors (Lipinski definition) is 2. The number of hydrogen-bond acceptors (Lipinski definition) is 3. The molecule has 0 bridgehead atoms. The van der Waals surface area contributed by atoms with Crippen LogP contribution in [0.3, 0.4) is 0 Å². The molecule has 0 radical (unpaired) electrons. The van der Waals surface area contributed by atoms with E-state index in [4.69, 9.17) is 4.74 Å². The molecule has 4 heteroatoms. The van der Waals surface area contributed by atoms with E-state index >= 15 is 0 Å². The van der Waals surface area contributed by atoms with Crippen molar-refractivity contribution in [1.29, 1.82) is 0 Å². The minimum absolute atomic E-state index is 0.0230. The Morgan fingerprint density at radius 1 is 1.19 bits per heavy atom. The molecule has 0 saturated carbocycles. The summed E-state index contributed by atoms with van der Waals surface area (Å²) < 4.78 is 5.23. The van der Waals surface area contributed by atoms with Crippen LogP contribution in [0.5, 0.6) is 5.75 Å². The van der Waals surface area contributed by atoms with Crippen molar-refractivity contribution in [2.75, 3.05) is 20.2 Å². The fourth-order valence-electron chi connectivity index (χ4n) is 2.26. The van der Waals surface area contributed by atoms with Gasteiger partial charge in [-0.1, -0.05) is 18.2 Å². The quantitative estimate of drug-likeness (QED) is 0.858. The zero-order valence-electron chi connectivity index (χ0n) is 12.8. The van der Waals surface area contributed by atoms with Crippen molar-refractivity contribution >= 4 is 16.7 Å². The van der Waals surface area contributed by atoms with E-state index in [1.807, 2.05) is 25.1 Å². The van der Waals surface area contributed by atoms with Crippen LogP contribution in [0.4, 0.5) is 0 Å². The first-order valence-corrected chi connectivity index (χ1v) is 7.22. The Morgan fingerprint density at radius 2 is 1.90 bits per heavy atom. The molecule has 1 atom stereocenters. The van der Waals surface area contributed by atoms with Crippen molar-refractivity contribution in [1.82, 2.24) is 10.6 Å². The Bertz CT molecular complexity index is 625. The third-order valence-corrected chi connectivity index (χ3v) is 3.51. The first-order chi connectivity index (χ1) is 10.1. The van der Waals surface area contributed by atoms with Crippen LogP contribution in [-0.2, 0) is 4.79 Å². The number of carbonyl (C=O) groups is 1. The second-order valence-electron chi connectivity index (χ2n) is 5.03. The van der Waals surface area contributed by atoms with Gasteiger partial charge in [-0.15, -0.1) is 0 Å². The van der Waals surface area contributed by atoms with Crippen LogP contribution in [0, 0.1) is 0 Å². The third-order valence-electron chi connectivity index (χ3n) is 3.51. The van der Waals surface area contributed by atoms with Gasteiger partial charge in [-0.3, -0.25) is 4.79 Å². The Morgan fingerprint density at radius 3 is 2.62 bits per heavy atom. The highest BCUT2D eigenvalue weighted by Crippen LogP contribution is 2.24. The summed E-state index contributed by atoms with van der Waals surface area (Å²) in [5.74, 6) is 0.882. The molecule has 1 amide bonds. The van der Waals surface area contributed by atoms with Crippen LogP contribution in [0.1, 0.15) is 25.5 Å². The van der Waals surface area contributed by atoms with E-state index in [0.29, 0.717) is 13.1 Å². The van der Waals surface area contributed by atoms with Crippen LogP contribution >= 0.6 is 0 Å². The number of rotatable bonds is 6. The van der Waals surface area contributed by atoms with E-state index in [1.54, 1.807) is 7.11 Å². The first kappa shape index (κ1) is 15.3. The molecule has 0 spiro atoms. The highest BCUT2D eigenvalue weighted by molar-refractivity contribution is 5.84. The molecular formula is C17H22N2O2. The minimum Gasteiger partial charge on any atom is -0.497 e. The lowest BCUT2D eigenvalue weighted by Gasteiger charge is -2.15. The fraction of sp³-hybridized carbons (Fsp3) is 0.353. The van der Waals surface area contributed by atoms with Crippen molar-refractivity contribution in [3.8, 4) is 5.75 Å². The lowest BCUT2D eigenvalue weighted by Crippen LogP contribution is -2.34. The molecule has 2 rings (SSSR count). The van der Waals surface area contributed by atoms with Gasteiger partial charge in [-0.2, -0.15) is 0 Å². The number of benzene rings is 2. The smallest absolute Gasteiger partial charge is 0.233 e. The van der Waals surface area contributed by atoms with Gasteiger partial charge in [-0.05, 0) is 48.4 Å². The molecule has 0 heterocycles. The number of amides is 1. The Balaban J connectivity index is 2.09. The van der Waals surface area contributed by atoms with Crippen LogP contribution in [0.25, 0.3) is 10.8 Å². The minimum atomic E-state index is 0.0230. The lowest BCUT2D eigenvalue weighted by molar-refractivity contribution is -0.120. The molecule has 0 aliphatic rings. The number of likely N-dealkylation sites (N-methyl/N-ethyl adjacent to an activating group) is 1. The number of methoxy groups -OCH3 is 1. The second kappa shape index (κ2) is 7.09. The van der Waals surface area contributed by atoms with Crippen LogP contribution in [0.15, 0.2) is 36.4 Å². The van der Waals surface area contributed by atoms with Gasteiger partial charge in [0.25, 0.3) is 0 Å². The zero-order valence-corrected chi connectivity index (χ0v) is 12.8. The number of ether oxygens (including phenoxy) is 1. The van der Waals surface area contributed by atoms with Gasteiger partial charge in [0, 0.05) is 12.6 Å². The van der Waals surface area contributed by atoms with E-state index < -0.39 is 0 Å². The predicted molar refractivity (Wildman–Crippen MR) is 85.6 cm³/mol. The summed E-state index contributed by atoms with van der Waals surface area (Å²) in [5.41, 5.74) is 1.16. The summed E-state index contributed by atoms with van der Waals surface area (Å²) in [4.78, 5) is 11.5. The topological polar surface area (TPSA) is 50.4 Å². The van der Waals surface area contributed by atoms with Crippen molar-refractivity contribution in [3.63, 3.8) is 0 Å². The molecule has 0 saturated heterocycles. The molecule has 0 aliphatic carbocycles. The van der Waals surface area contributed by atoms with E-state index in [0.717, 1.165) is 16.7 Å². The Hall–Kier alpha value is -2.07. The SMILES string of the molecule is CCNC(=O)CNC(C)c1ccc2cc(OC)ccc2c1. The average Bonchev–Trinajstić information content (AvgIpc) is 2.51. The van der Waals surface area contributed by atoms with E-state index in [1.165, 1.54) is 5.39 Å². The molecule has 2 N–H and O–H groups in total. The largest absolute Gasteiger partial charge is 0.497 e. The lowest BCUT2D eigenvalue weighted by atomic mass is 10.0. The Kier molecular flexibility index (Phi) is 5.17. The van der Waals surface area contributed by atoms with Gasteiger partial charge < -0.3 is 15.4 Å². The van der Waals surface area contributed by atoms with Crippen LogP contribution in [-0.4, -0.2) is 26.1 Å². The van der Waals surface area contributed by atoms with Gasteiger partial charge in [0.15, 0.2) is 0 Å². The van der Waals surface area contributed by atoms with Gasteiger partial charge in [0.1, 0.15) is 5.75 Å². The first-order valence-electron chi connectivity index (χ1n) is 7.22. The van der Waals surface area contributed by atoms with Crippen LogP contribution in [0.2, 0.25) is 0 Å². The number of fused-ring (bicyclic) bond motifs is 1. The standard InChI is InChI=1S/C17H22N2O2/c1-4-18-17(20)11-19-12(2)13-5-6-15-10-16(21-3)8-7-14(15)9-13/h5-10,12,19H,4,11H2,1-3H3,(H,18,20). The van der Waals surface area contributed by atoms with Gasteiger partial charge in [0.2, 0.25) is 5.91 Å². The Labute approximate surface area is 125 Å². The molecule has 0 aromatic heterocycles. The summed E-state index contributed by atoms with van der Waals surface area (Å²) in [5, 5.41) is 8.33. The summed E-state index contributed by atoms with van der Waals surface area (Å²) in [6.07, 6.45) is 0. The van der Waals surface area contributed by atoms with Gasteiger partial charge in [0.05, 0.1) is 13.7 Å². The molecule has 21 heavy (non-hydrogen) atoms. The molecule has 4 nitrogen and oxygen atoms in total. The summed E-state index contributed by atoms with van der Waals surface area (Å²) >= 11 is 0. The van der Waals surface area contributed by atoms with Crippen molar-refractivity contribution in [2.45, 2.75) is 19.9 Å². The zero-order chi connectivity index (χ0) is 15.2. The maximum atomic E-state index is 11.5. The van der Waals surface area contributed by atoms with Crippen molar-refractivity contribution in [3.05, 3.63) is 42.0 Å². The predicted octanol–water partition coefficient (Wildman–Crippen LogP) is 2.64. The third kappa shape index (κ3) is 3.95. The van der Waals surface area contributed by atoms with Crippen molar-refractivity contribution in [2.24, 2.45) is 0 Å². The molecular weight excluding hydrogens is 264 g/mol. The number of nitrogens with one attached hydrogen (secondary N) is 2. The highest BCUT2D eigenvalue weighted by Gasteiger charge is 2.08. The van der Waals surface area contributed by atoms with Gasteiger partial charge in [-0.25, -0.2) is 0 Å². The monoisotopic (exact) mass is 286 g/mol. The maximum Gasteiger partial charge on any atom is 0.233 e. The second-order valence-corrected chi connectivity index (χ2v) is 5.03. The molecule has 1 unspecified atom stereocenters. The fourth-order valence-corrected chi connectivity index (χ4v) is 2.26. The van der Waals surface area contributed by atoms with E-state index in [2.05, 4.69) is 35.8 Å². The van der Waals surface area contributed by atoms with Crippen molar-refractivity contribution < 1.29 is 9.53 Å². The van der Waals surface area contributed by atoms with E-state index in [9.17, 15) is 4.79 Å². The average molecular weight is 286 g/mol. The molecule has 2 aromatic carbocycles. The molecule has 0 fully saturated rings. The normalized spacial score (nSPS) is 12.1. The number of carbonyl (C=O) groups excluding carboxylic acids is 1. The highest BCUT2D eigenvalue weighted by atomic mass is 16.5. The summed E-state index contributed by atoms with van der Waals surface area (Å²) in [6.45, 7) is 4.96. The summed E-state index contributed by atoms with van der Waals surface area (Å²) in [7, 11) is 1.67. The molecule has 2 aromatic rings. The van der Waals surface area contributed by atoms with Crippen LogP contribution < -0.4 is 15.4 Å². The molecule has 0 aliphatic heterocycles. The van der Waals surface area contributed by atoms with Gasteiger partial charge >= 0.3 is 0 Å². The maximum absolute atomic E-state index is 11.5. The molecule has 112 valence electrons. The van der Waals surface area contributed by atoms with E-state index in [-0.39, 0.29) is 11.9 Å².